The number of phenolic OH excluding ortho intramolecular Hbond substituents is 1. The number of nitrogens with zero attached hydrogens (tertiary/aromatic N) is 4. The predicted octanol–water partition coefficient (Wildman–Crippen LogP) is 4.02. The number of nitro groups is 1. The SMILES string of the molecule is Cc1cc(C)nc(NS(=O)(=O)c2ccc(/N=C/c3cc(Br)cc([N+](=O)[O-])c3O)cc2)n1. The lowest BCUT2D eigenvalue weighted by molar-refractivity contribution is -0.385. The van der Waals surface area contributed by atoms with Crippen LogP contribution < -0.4 is 4.72 Å². The first-order valence-electron chi connectivity index (χ1n) is 8.71. The standard InChI is InChI=1S/C19H16BrN5O5S/c1-11-7-12(2)23-19(22-11)24-31(29,30)16-5-3-15(4-6-16)21-10-13-8-14(20)9-17(18(13)26)25(27)28/h3-10,26H,1-2H3,(H,22,23,24)/b21-10+. The van der Waals surface area contributed by atoms with Crippen molar-refractivity contribution in [2.45, 2.75) is 18.7 Å². The number of hydrogen-bond acceptors (Lipinski definition) is 8. The van der Waals surface area contributed by atoms with E-state index in [1.54, 1.807) is 19.9 Å². The molecule has 2 aromatic carbocycles. The van der Waals surface area contributed by atoms with Gasteiger partial charge in [-0.1, -0.05) is 15.9 Å². The minimum atomic E-state index is -3.91. The van der Waals surface area contributed by atoms with Gasteiger partial charge in [0.15, 0.2) is 0 Å². The summed E-state index contributed by atoms with van der Waals surface area (Å²) < 4.78 is 27.9. The number of hydrogen-bond donors (Lipinski definition) is 2. The van der Waals surface area contributed by atoms with Crippen molar-refractivity contribution in [2.24, 2.45) is 4.99 Å². The third kappa shape index (κ3) is 5.41. The molecule has 1 heterocycles. The molecule has 0 aliphatic heterocycles. The number of rotatable bonds is 6. The Hall–Kier alpha value is -3.38. The highest BCUT2D eigenvalue weighted by Crippen LogP contribution is 2.32. The quantitative estimate of drug-likeness (QED) is 0.291. The number of nitrogens with one attached hydrogen (secondary N) is 1. The van der Waals surface area contributed by atoms with Crippen molar-refractivity contribution in [1.29, 1.82) is 0 Å². The van der Waals surface area contributed by atoms with Crippen LogP contribution in [0.2, 0.25) is 0 Å². The van der Waals surface area contributed by atoms with Gasteiger partial charge in [0.1, 0.15) is 0 Å². The maximum absolute atomic E-state index is 12.6. The Labute approximate surface area is 186 Å². The summed E-state index contributed by atoms with van der Waals surface area (Å²) in [5.41, 5.74) is 1.31. The second kappa shape index (κ2) is 8.78. The van der Waals surface area contributed by atoms with Crippen molar-refractivity contribution < 1.29 is 18.4 Å². The van der Waals surface area contributed by atoms with Gasteiger partial charge in [-0.15, -0.1) is 0 Å². The molecule has 0 fully saturated rings. The lowest BCUT2D eigenvalue weighted by Crippen LogP contribution is -2.15. The molecule has 10 nitrogen and oxygen atoms in total. The first-order valence-corrected chi connectivity index (χ1v) is 11.0. The molecule has 3 aromatic rings. The lowest BCUT2D eigenvalue weighted by atomic mass is 10.2. The Balaban J connectivity index is 1.82. The number of phenols is 1. The third-order valence-corrected chi connectivity index (χ3v) is 5.79. The number of sulfonamides is 1. The molecule has 0 bridgehead atoms. The summed E-state index contributed by atoms with van der Waals surface area (Å²) in [6.07, 6.45) is 1.25. The molecule has 0 radical (unpaired) electrons. The second-order valence-electron chi connectivity index (χ2n) is 6.45. The molecule has 0 aliphatic rings. The Morgan fingerprint density at radius 3 is 2.32 bits per heavy atom. The minimum Gasteiger partial charge on any atom is -0.502 e. The summed E-state index contributed by atoms with van der Waals surface area (Å²) in [6.45, 7) is 3.47. The topological polar surface area (TPSA) is 148 Å². The van der Waals surface area contributed by atoms with Gasteiger partial charge in [0.05, 0.1) is 15.5 Å². The van der Waals surface area contributed by atoms with E-state index in [4.69, 9.17) is 0 Å². The van der Waals surface area contributed by atoms with Crippen molar-refractivity contribution in [1.82, 2.24) is 9.97 Å². The van der Waals surface area contributed by atoms with Crippen LogP contribution in [0.1, 0.15) is 17.0 Å². The van der Waals surface area contributed by atoms with E-state index >= 15 is 0 Å². The fraction of sp³-hybridized carbons (Fsp3) is 0.105. The van der Waals surface area contributed by atoms with Crippen LogP contribution >= 0.6 is 15.9 Å². The normalized spacial score (nSPS) is 11.6. The van der Waals surface area contributed by atoms with E-state index in [0.29, 0.717) is 21.5 Å². The van der Waals surface area contributed by atoms with Crippen molar-refractivity contribution in [3.63, 3.8) is 0 Å². The Morgan fingerprint density at radius 2 is 1.74 bits per heavy atom. The number of aromatic hydroxyl groups is 1. The van der Waals surface area contributed by atoms with E-state index in [2.05, 4.69) is 35.6 Å². The molecule has 0 atom stereocenters. The summed E-state index contributed by atoms with van der Waals surface area (Å²) in [7, 11) is -3.91. The summed E-state index contributed by atoms with van der Waals surface area (Å²) >= 11 is 3.15. The molecule has 0 saturated heterocycles. The summed E-state index contributed by atoms with van der Waals surface area (Å²) in [6, 6.07) is 9.98. The van der Waals surface area contributed by atoms with Crippen LogP contribution in [0.5, 0.6) is 5.75 Å². The number of anilines is 1. The predicted molar refractivity (Wildman–Crippen MR) is 118 cm³/mol. The minimum absolute atomic E-state index is 0.0184. The van der Waals surface area contributed by atoms with Crippen LogP contribution in [0.4, 0.5) is 17.3 Å². The van der Waals surface area contributed by atoms with Crippen molar-refractivity contribution >= 4 is 49.5 Å². The Kier molecular flexibility index (Phi) is 6.32. The first kappa shape index (κ1) is 22.3. The van der Waals surface area contributed by atoms with Crippen molar-refractivity contribution in [2.75, 3.05) is 4.72 Å². The zero-order valence-electron chi connectivity index (χ0n) is 16.3. The third-order valence-electron chi connectivity index (χ3n) is 3.99. The maximum Gasteiger partial charge on any atom is 0.312 e. The van der Waals surface area contributed by atoms with Gasteiger partial charge in [-0.05, 0) is 50.2 Å². The van der Waals surface area contributed by atoms with E-state index < -0.39 is 26.4 Å². The van der Waals surface area contributed by atoms with Gasteiger partial charge >= 0.3 is 5.69 Å². The molecule has 31 heavy (non-hydrogen) atoms. The average Bonchev–Trinajstić information content (AvgIpc) is 2.67. The van der Waals surface area contributed by atoms with Crippen LogP contribution in [-0.4, -0.2) is 34.6 Å². The largest absolute Gasteiger partial charge is 0.502 e. The van der Waals surface area contributed by atoms with Gasteiger partial charge in [0, 0.05) is 33.7 Å². The highest BCUT2D eigenvalue weighted by molar-refractivity contribution is 9.10. The fourth-order valence-electron chi connectivity index (χ4n) is 2.65. The Morgan fingerprint density at radius 1 is 1.13 bits per heavy atom. The molecule has 0 saturated carbocycles. The molecule has 12 heteroatoms. The monoisotopic (exact) mass is 505 g/mol. The fourth-order valence-corrected chi connectivity index (χ4v) is 4.06. The van der Waals surface area contributed by atoms with Crippen LogP contribution in [-0.2, 0) is 10.0 Å². The van der Waals surface area contributed by atoms with E-state index in [9.17, 15) is 23.6 Å². The van der Waals surface area contributed by atoms with Crippen LogP contribution in [0.15, 0.2) is 56.8 Å². The maximum atomic E-state index is 12.6. The van der Waals surface area contributed by atoms with E-state index in [1.807, 2.05) is 0 Å². The smallest absolute Gasteiger partial charge is 0.312 e. The molecular formula is C19H16BrN5O5S. The molecule has 2 N–H and O–H groups in total. The number of aromatic nitrogens is 2. The number of nitro benzene ring substituents is 1. The number of benzene rings is 2. The summed E-state index contributed by atoms with van der Waals surface area (Å²) in [5, 5.41) is 21.0. The molecule has 0 amide bonds. The van der Waals surface area contributed by atoms with Gasteiger partial charge in [-0.25, -0.2) is 23.1 Å². The highest BCUT2D eigenvalue weighted by Gasteiger charge is 2.18. The molecule has 1 aromatic heterocycles. The van der Waals surface area contributed by atoms with Crippen LogP contribution in [0.25, 0.3) is 0 Å². The lowest BCUT2D eigenvalue weighted by Gasteiger charge is -2.08. The molecular weight excluding hydrogens is 490 g/mol. The Bertz CT molecular complexity index is 1270. The number of halogens is 1. The van der Waals surface area contributed by atoms with Gasteiger partial charge in [0.25, 0.3) is 10.0 Å². The molecule has 0 spiro atoms. The van der Waals surface area contributed by atoms with Crippen LogP contribution in [0, 0.1) is 24.0 Å². The summed E-state index contributed by atoms with van der Waals surface area (Å²) in [5.74, 6) is -0.542. The molecule has 0 aliphatic carbocycles. The molecule has 3 rings (SSSR count). The number of aliphatic imine (C=N–C) groups is 1. The summed E-state index contributed by atoms with van der Waals surface area (Å²) in [4.78, 5) is 22.5. The zero-order chi connectivity index (χ0) is 22.8. The van der Waals surface area contributed by atoms with Crippen molar-refractivity contribution in [3.8, 4) is 5.75 Å². The van der Waals surface area contributed by atoms with Gasteiger partial charge in [-0.2, -0.15) is 0 Å². The zero-order valence-corrected chi connectivity index (χ0v) is 18.7. The second-order valence-corrected chi connectivity index (χ2v) is 9.05. The van der Waals surface area contributed by atoms with E-state index in [0.717, 1.165) is 0 Å². The van der Waals surface area contributed by atoms with Gasteiger partial charge < -0.3 is 5.11 Å². The van der Waals surface area contributed by atoms with Gasteiger partial charge in [-0.3, -0.25) is 15.1 Å². The molecule has 160 valence electrons. The molecule has 0 unspecified atom stereocenters. The van der Waals surface area contributed by atoms with Gasteiger partial charge in [0.2, 0.25) is 11.7 Å². The number of aryl methyl sites for hydroxylation is 2. The van der Waals surface area contributed by atoms with Crippen LogP contribution in [0.3, 0.4) is 0 Å². The highest BCUT2D eigenvalue weighted by atomic mass is 79.9. The van der Waals surface area contributed by atoms with E-state index in [-0.39, 0.29) is 16.4 Å². The van der Waals surface area contributed by atoms with E-state index in [1.165, 1.54) is 42.6 Å². The van der Waals surface area contributed by atoms with Crippen molar-refractivity contribution in [3.05, 3.63) is 74.0 Å². The average molecular weight is 506 g/mol. The first-order chi connectivity index (χ1) is 14.5.